The molecular weight excluding hydrogens is 304 g/mol. The second-order valence-corrected chi connectivity index (χ2v) is 6.93. The van der Waals surface area contributed by atoms with Crippen molar-refractivity contribution in [2.75, 3.05) is 38.5 Å². The molecule has 2 amide bonds. The molecule has 2 atom stereocenters. The van der Waals surface area contributed by atoms with Gasteiger partial charge in [-0.25, -0.2) is 0 Å². The summed E-state index contributed by atoms with van der Waals surface area (Å²) in [6, 6.07) is 7.32. The van der Waals surface area contributed by atoms with E-state index in [2.05, 4.69) is 17.3 Å². The molecule has 1 aromatic rings. The lowest BCUT2D eigenvalue weighted by atomic mass is 10.1. The maximum absolute atomic E-state index is 12.5. The summed E-state index contributed by atoms with van der Waals surface area (Å²) in [7, 11) is 2.07. The Labute approximate surface area is 143 Å². The van der Waals surface area contributed by atoms with Crippen LogP contribution in [0, 0.1) is 5.92 Å². The van der Waals surface area contributed by atoms with Crippen LogP contribution in [0.1, 0.15) is 29.6 Å². The van der Waals surface area contributed by atoms with Gasteiger partial charge in [-0.1, -0.05) is 0 Å². The molecule has 3 rings (SSSR count). The third-order valence-corrected chi connectivity index (χ3v) is 5.03. The Bertz CT molecular complexity index is 594. The number of benzene rings is 1. The van der Waals surface area contributed by atoms with Gasteiger partial charge in [0.05, 0.1) is 0 Å². The number of hydrogen-bond acceptors (Lipinski definition) is 4. The Morgan fingerprint density at radius 3 is 2.33 bits per heavy atom. The van der Waals surface area contributed by atoms with Gasteiger partial charge in [0.2, 0.25) is 5.91 Å². The topological polar surface area (TPSA) is 78.7 Å². The van der Waals surface area contributed by atoms with Crippen LogP contribution in [0.2, 0.25) is 0 Å². The zero-order chi connectivity index (χ0) is 17.1. The molecule has 0 bridgehead atoms. The largest absolute Gasteiger partial charge is 0.336 e. The van der Waals surface area contributed by atoms with Crippen molar-refractivity contribution in [3.8, 4) is 0 Å². The fourth-order valence-electron chi connectivity index (χ4n) is 3.39. The molecule has 0 radical (unpaired) electrons. The summed E-state index contributed by atoms with van der Waals surface area (Å²) >= 11 is 0. The molecule has 1 heterocycles. The van der Waals surface area contributed by atoms with Crippen LogP contribution in [0.4, 0.5) is 5.69 Å². The fourth-order valence-corrected chi connectivity index (χ4v) is 3.39. The number of rotatable bonds is 3. The molecule has 2 unspecified atom stereocenters. The second-order valence-electron chi connectivity index (χ2n) is 6.93. The standard InChI is InChI=1S/C18H26N4O2/c1-21-8-10-22(11-9-21)18(24)13-3-6-16(7-4-13)20-17(23)14-2-5-15(19)12-14/h3-4,6-7,14-15H,2,5,8-12,19H2,1H3,(H,20,23). The first-order chi connectivity index (χ1) is 11.5. The average Bonchev–Trinajstić information content (AvgIpc) is 3.02. The van der Waals surface area contributed by atoms with Gasteiger partial charge in [0.1, 0.15) is 0 Å². The summed E-state index contributed by atoms with van der Waals surface area (Å²) in [5.41, 5.74) is 7.26. The number of likely N-dealkylation sites (N-methyl/N-ethyl adjacent to an activating group) is 1. The summed E-state index contributed by atoms with van der Waals surface area (Å²) in [5.74, 6) is 0.0930. The molecule has 1 saturated heterocycles. The number of nitrogens with one attached hydrogen (secondary N) is 1. The van der Waals surface area contributed by atoms with E-state index in [1.54, 1.807) is 24.3 Å². The molecule has 1 aliphatic heterocycles. The van der Waals surface area contributed by atoms with Gasteiger partial charge in [-0.05, 0) is 50.6 Å². The van der Waals surface area contributed by atoms with Crippen molar-refractivity contribution in [3.63, 3.8) is 0 Å². The molecule has 2 fully saturated rings. The monoisotopic (exact) mass is 330 g/mol. The predicted molar refractivity (Wildman–Crippen MR) is 93.8 cm³/mol. The number of carbonyl (C=O) groups excluding carboxylic acids is 2. The second kappa shape index (κ2) is 7.32. The lowest BCUT2D eigenvalue weighted by Gasteiger charge is -2.32. The fraction of sp³-hybridized carbons (Fsp3) is 0.556. The van der Waals surface area contributed by atoms with Crippen molar-refractivity contribution in [2.24, 2.45) is 11.7 Å². The van der Waals surface area contributed by atoms with Crippen molar-refractivity contribution >= 4 is 17.5 Å². The van der Waals surface area contributed by atoms with Crippen LogP contribution >= 0.6 is 0 Å². The van der Waals surface area contributed by atoms with Gasteiger partial charge in [-0.2, -0.15) is 0 Å². The Morgan fingerprint density at radius 2 is 1.75 bits per heavy atom. The van der Waals surface area contributed by atoms with Gasteiger partial charge in [0.15, 0.2) is 0 Å². The van der Waals surface area contributed by atoms with Crippen LogP contribution < -0.4 is 11.1 Å². The Kier molecular flexibility index (Phi) is 5.16. The lowest BCUT2D eigenvalue weighted by Crippen LogP contribution is -2.47. The minimum Gasteiger partial charge on any atom is -0.336 e. The number of nitrogens with two attached hydrogens (primary N) is 1. The van der Waals surface area contributed by atoms with Crippen molar-refractivity contribution in [1.82, 2.24) is 9.80 Å². The van der Waals surface area contributed by atoms with Crippen LogP contribution in [0.5, 0.6) is 0 Å². The molecule has 2 aliphatic rings. The van der Waals surface area contributed by atoms with Gasteiger partial charge < -0.3 is 20.9 Å². The first-order valence-electron chi connectivity index (χ1n) is 8.67. The van der Waals surface area contributed by atoms with Gasteiger partial charge >= 0.3 is 0 Å². The van der Waals surface area contributed by atoms with Gasteiger partial charge in [-0.15, -0.1) is 0 Å². The first kappa shape index (κ1) is 16.9. The Balaban J connectivity index is 1.57. The van der Waals surface area contributed by atoms with E-state index in [1.165, 1.54) is 0 Å². The smallest absolute Gasteiger partial charge is 0.253 e. The van der Waals surface area contributed by atoms with E-state index in [9.17, 15) is 9.59 Å². The summed E-state index contributed by atoms with van der Waals surface area (Å²) in [5, 5.41) is 2.93. The van der Waals surface area contributed by atoms with Crippen LogP contribution in [0.3, 0.4) is 0 Å². The zero-order valence-corrected chi connectivity index (χ0v) is 14.2. The molecule has 6 heteroatoms. The number of piperazine rings is 1. The molecule has 3 N–H and O–H groups in total. The first-order valence-corrected chi connectivity index (χ1v) is 8.67. The van der Waals surface area contributed by atoms with Gasteiger partial charge in [0.25, 0.3) is 5.91 Å². The van der Waals surface area contributed by atoms with Crippen molar-refractivity contribution in [3.05, 3.63) is 29.8 Å². The van der Waals surface area contributed by atoms with Crippen molar-refractivity contribution < 1.29 is 9.59 Å². The number of nitrogens with zero attached hydrogens (tertiary/aromatic N) is 2. The van der Waals surface area contributed by atoms with E-state index in [1.807, 2.05) is 4.90 Å². The molecule has 6 nitrogen and oxygen atoms in total. The summed E-state index contributed by atoms with van der Waals surface area (Å²) in [4.78, 5) is 28.8. The van der Waals surface area contributed by atoms with E-state index in [0.717, 1.165) is 51.1 Å². The molecule has 24 heavy (non-hydrogen) atoms. The minimum absolute atomic E-state index is 0.00616. The molecule has 0 spiro atoms. The van der Waals surface area contributed by atoms with E-state index >= 15 is 0 Å². The summed E-state index contributed by atoms with van der Waals surface area (Å²) < 4.78 is 0. The molecule has 0 aromatic heterocycles. The third-order valence-electron chi connectivity index (χ3n) is 5.03. The highest BCUT2D eigenvalue weighted by Crippen LogP contribution is 2.25. The maximum atomic E-state index is 12.5. The number of anilines is 1. The van der Waals surface area contributed by atoms with E-state index in [-0.39, 0.29) is 23.8 Å². The molecule has 1 aliphatic carbocycles. The zero-order valence-electron chi connectivity index (χ0n) is 14.2. The normalized spacial score (nSPS) is 24.8. The highest BCUT2D eigenvalue weighted by molar-refractivity contribution is 5.96. The van der Waals surface area contributed by atoms with Crippen LogP contribution in [0.25, 0.3) is 0 Å². The van der Waals surface area contributed by atoms with Gasteiger partial charge in [0, 0.05) is 49.4 Å². The Morgan fingerprint density at radius 1 is 1.08 bits per heavy atom. The SMILES string of the molecule is CN1CCN(C(=O)c2ccc(NC(=O)C3CCC(N)C3)cc2)CC1. The molecular formula is C18H26N4O2. The average molecular weight is 330 g/mol. The Hall–Kier alpha value is -1.92. The quantitative estimate of drug-likeness (QED) is 0.871. The molecule has 1 aromatic carbocycles. The highest BCUT2D eigenvalue weighted by Gasteiger charge is 2.27. The van der Waals surface area contributed by atoms with Gasteiger partial charge in [-0.3, -0.25) is 9.59 Å². The van der Waals surface area contributed by atoms with Crippen molar-refractivity contribution in [2.45, 2.75) is 25.3 Å². The minimum atomic E-state index is 0.00616. The molecule has 130 valence electrons. The third kappa shape index (κ3) is 3.94. The number of amides is 2. The maximum Gasteiger partial charge on any atom is 0.253 e. The van der Waals surface area contributed by atoms with E-state index < -0.39 is 0 Å². The number of hydrogen-bond donors (Lipinski definition) is 2. The molecule has 1 saturated carbocycles. The van der Waals surface area contributed by atoms with Crippen molar-refractivity contribution in [1.29, 1.82) is 0 Å². The summed E-state index contributed by atoms with van der Waals surface area (Å²) in [6.07, 6.45) is 2.52. The van der Waals surface area contributed by atoms with E-state index in [4.69, 9.17) is 5.73 Å². The summed E-state index contributed by atoms with van der Waals surface area (Å²) in [6.45, 7) is 3.33. The predicted octanol–water partition coefficient (Wildman–Crippen LogP) is 1.14. The lowest BCUT2D eigenvalue weighted by molar-refractivity contribution is -0.119. The number of carbonyl (C=O) groups is 2. The highest BCUT2D eigenvalue weighted by atomic mass is 16.2. The van der Waals surface area contributed by atoms with Crippen LogP contribution in [-0.4, -0.2) is 60.9 Å². The van der Waals surface area contributed by atoms with Crippen LogP contribution in [0.15, 0.2) is 24.3 Å². The van der Waals surface area contributed by atoms with Crippen LogP contribution in [-0.2, 0) is 4.79 Å². The van der Waals surface area contributed by atoms with E-state index in [0.29, 0.717) is 5.56 Å².